The Morgan fingerprint density at radius 3 is 2.85 bits per heavy atom. The fourth-order valence-electron chi connectivity index (χ4n) is 2.66. The fraction of sp³-hybridized carbons (Fsp3) is 0.333. The van der Waals surface area contributed by atoms with E-state index in [-0.39, 0.29) is 0 Å². The van der Waals surface area contributed by atoms with Crippen LogP contribution in [0.1, 0.15) is 24.4 Å². The number of methoxy groups -OCH3 is 1. The molecule has 1 atom stereocenters. The van der Waals surface area contributed by atoms with E-state index in [1.54, 1.807) is 19.5 Å². The number of benzene rings is 1. The molecular formula is C15H16ClN3O. The second-order valence-electron chi connectivity index (χ2n) is 4.83. The van der Waals surface area contributed by atoms with Crippen LogP contribution < -0.4 is 9.64 Å². The van der Waals surface area contributed by atoms with Gasteiger partial charge in [-0.2, -0.15) is 0 Å². The SMILES string of the molecule is COc1cccc([C@H]2CCCN2c2ncc(Cl)cn2)c1. The van der Waals surface area contributed by atoms with Gasteiger partial charge in [0, 0.05) is 6.54 Å². The van der Waals surface area contributed by atoms with E-state index in [1.807, 2.05) is 12.1 Å². The second kappa shape index (κ2) is 5.67. The molecule has 104 valence electrons. The van der Waals surface area contributed by atoms with E-state index >= 15 is 0 Å². The van der Waals surface area contributed by atoms with Gasteiger partial charge in [0.25, 0.3) is 0 Å². The summed E-state index contributed by atoms with van der Waals surface area (Å²) in [7, 11) is 1.69. The van der Waals surface area contributed by atoms with Crippen molar-refractivity contribution >= 4 is 17.5 Å². The Kier molecular flexibility index (Phi) is 3.74. The van der Waals surface area contributed by atoms with Crippen molar-refractivity contribution in [3.8, 4) is 5.75 Å². The van der Waals surface area contributed by atoms with Crippen molar-refractivity contribution in [1.29, 1.82) is 0 Å². The zero-order valence-electron chi connectivity index (χ0n) is 11.3. The normalized spacial score (nSPS) is 18.3. The average molecular weight is 290 g/mol. The Balaban J connectivity index is 1.90. The molecule has 0 unspecified atom stereocenters. The minimum Gasteiger partial charge on any atom is -0.497 e. The second-order valence-corrected chi connectivity index (χ2v) is 5.27. The van der Waals surface area contributed by atoms with E-state index in [0.717, 1.165) is 31.1 Å². The van der Waals surface area contributed by atoms with E-state index in [2.05, 4.69) is 27.0 Å². The van der Waals surface area contributed by atoms with Crippen LogP contribution in [-0.4, -0.2) is 23.6 Å². The lowest BCUT2D eigenvalue weighted by atomic mass is 10.0. The Hall–Kier alpha value is -1.81. The Bertz CT molecular complexity index is 588. The Morgan fingerprint density at radius 2 is 2.10 bits per heavy atom. The van der Waals surface area contributed by atoms with Gasteiger partial charge in [-0.3, -0.25) is 0 Å². The van der Waals surface area contributed by atoms with Crippen molar-refractivity contribution in [2.24, 2.45) is 0 Å². The van der Waals surface area contributed by atoms with Gasteiger partial charge in [-0.25, -0.2) is 9.97 Å². The van der Waals surface area contributed by atoms with Crippen LogP contribution in [0, 0.1) is 0 Å². The molecule has 0 bridgehead atoms. The largest absolute Gasteiger partial charge is 0.497 e. The van der Waals surface area contributed by atoms with Gasteiger partial charge in [0.1, 0.15) is 5.75 Å². The topological polar surface area (TPSA) is 38.2 Å². The van der Waals surface area contributed by atoms with Gasteiger partial charge < -0.3 is 9.64 Å². The number of nitrogens with zero attached hydrogens (tertiary/aromatic N) is 3. The number of aromatic nitrogens is 2. The molecule has 3 rings (SSSR count). The Morgan fingerprint density at radius 1 is 1.30 bits per heavy atom. The summed E-state index contributed by atoms with van der Waals surface area (Å²) in [6.45, 7) is 0.962. The maximum atomic E-state index is 5.85. The molecule has 1 aromatic carbocycles. The quantitative estimate of drug-likeness (QED) is 0.867. The van der Waals surface area contributed by atoms with Gasteiger partial charge in [0.05, 0.1) is 30.6 Å². The molecule has 1 saturated heterocycles. The van der Waals surface area contributed by atoms with Crippen LogP contribution >= 0.6 is 11.6 Å². The number of ether oxygens (including phenoxy) is 1. The summed E-state index contributed by atoms with van der Waals surface area (Å²) in [5, 5.41) is 0.561. The van der Waals surface area contributed by atoms with Crippen molar-refractivity contribution in [3.63, 3.8) is 0 Å². The molecular weight excluding hydrogens is 274 g/mol. The molecule has 0 radical (unpaired) electrons. The van der Waals surface area contributed by atoms with Gasteiger partial charge >= 0.3 is 0 Å². The molecule has 1 fully saturated rings. The minimum atomic E-state index is 0.297. The van der Waals surface area contributed by atoms with Gasteiger partial charge in [-0.15, -0.1) is 0 Å². The predicted molar refractivity (Wildman–Crippen MR) is 79.4 cm³/mol. The highest BCUT2D eigenvalue weighted by atomic mass is 35.5. The summed E-state index contributed by atoms with van der Waals surface area (Å²) in [6.07, 6.45) is 5.52. The highest BCUT2D eigenvalue weighted by Gasteiger charge is 2.28. The van der Waals surface area contributed by atoms with Crippen LogP contribution in [0.15, 0.2) is 36.7 Å². The van der Waals surface area contributed by atoms with Crippen LogP contribution in [0.5, 0.6) is 5.75 Å². The highest BCUT2D eigenvalue weighted by Crippen LogP contribution is 2.35. The van der Waals surface area contributed by atoms with Gasteiger partial charge in [-0.1, -0.05) is 23.7 Å². The van der Waals surface area contributed by atoms with Gasteiger partial charge in [0.2, 0.25) is 5.95 Å². The molecule has 0 spiro atoms. The molecule has 1 aromatic heterocycles. The van der Waals surface area contributed by atoms with Crippen molar-refractivity contribution < 1.29 is 4.74 Å². The third kappa shape index (κ3) is 2.56. The molecule has 2 heterocycles. The number of hydrogen-bond donors (Lipinski definition) is 0. The van der Waals surface area contributed by atoms with Crippen LogP contribution in [0.4, 0.5) is 5.95 Å². The van der Waals surface area contributed by atoms with Crippen LogP contribution in [0.3, 0.4) is 0 Å². The maximum Gasteiger partial charge on any atom is 0.225 e. The molecule has 2 aromatic rings. The lowest BCUT2D eigenvalue weighted by molar-refractivity contribution is 0.414. The van der Waals surface area contributed by atoms with Gasteiger partial charge in [-0.05, 0) is 30.5 Å². The summed E-state index contributed by atoms with van der Waals surface area (Å²) < 4.78 is 5.30. The first kappa shape index (κ1) is 13.2. The molecule has 0 aliphatic carbocycles. The van der Waals surface area contributed by atoms with E-state index in [0.29, 0.717) is 11.1 Å². The van der Waals surface area contributed by atoms with Crippen LogP contribution in [-0.2, 0) is 0 Å². The molecule has 20 heavy (non-hydrogen) atoms. The maximum absolute atomic E-state index is 5.85. The molecule has 1 aliphatic heterocycles. The first-order valence-corrected chi connectivity index (χ1v) is 7.04. The molecule has 0 saturated carbocycles. The van der Waals surface area contributed by atoms with Gasteiger partial charge in [0.15, 0.2) is 0 Å². The average Bonchev–Trinajstić information content (AvgIpc) is 2.97. The fourth-order valence-corrected chi connectivity index (χ4v) is 2.75. The summed E-state index contributed by atoms with van der Waals surface area (Å²) in [5.74, 6) is 1.62. The van der Waals surface area contributed by atoms with Crippen LogP contribution in [0.25, 0.3) is 0 Å². The summed E-state index contributed by atoms with van der Waals surface area (Å²) in [5.41, 5.74) is 1.24. The molecule has 1 aliphatic rings. The molecule has 0 N–H and O–H groups in total. The third-order valence-electron chi connectivity index (χ3n) is 3.59. The number of halogens is 1. The monoisotopic (exact) mass is 289 g/mol. The first-order valence-electron chi connectivity index (χ1n) is 6.66. The van der Waals surface area contributed by atoms with E-state index < -0.39 is 0 Å². The lowest BCUT2D eigenvalue weighted by Gasteiger charge is -2.25. The van der Waals surface area contributed by atoms with E-state index in [4.69, 9.17) is 16.3 Å². The van der Waals surface area contributed by atoms with Crippen molar-refractivity contribution in [2.75, 3.05) is 18.6 Å². The van der Waals surface area contributed by atoms with E-state index in [1.165, 1.54) is 5.56 Å². The predicted octanol–water partition coefficient (Wildman–Crippen LogP) is 3.48. The summed E-state index contributed by atoms with van der Waals surface area (Å²) in [6, 6.07) is 8.49. The molecule has 5 heteroatoms. The highest BCUT2D eigenvalue weighted by molar-refractivity contribution is 6.30. The molecule has 0 amide bonds. The van der Waals surface area contributed by atoms with Crippen LogP contribution in [0.2, 0.25) is 5.02 Å². The minimum absolute atomic E-state index is 0.297. The molecule has 4 nitrogen and oxygen atoms in total. The third-order valence-corrected chi connectivity index (χ3v) is 3.79. The van der Waals surface area contributed by atoms with Crippen molar-refractivity contribution in [2.45, 2.75) is 18.9 Å². The number of hydrogen-bond acceptors (Lipinski definition) is 4. The standard InChI is InChI=1S/C15H16ClN3O/c1-20-13-5-2-4-11(8-13)14-6-3-7-19(14)15-17-9-12(16)10-18-15/h2,4-5,8-10,14H,3,6-7H2,1H3/t14-/m1/s1. The smallest absolute Gasteiger partial charge is 0.225 e. The summed E-state index contributed by atoms with van der Waals surface area (Å²) >= 11 is 5.85. The van der Waals surface area contributed by atoms with Crippen molar-refractivity contribution in [3.05, 3.63) is 47.2 Å². The first-order chi connectivity index (χ1) is 9.78. The number of rotatable bonds is 3. The number of anilines is 1. The lowest BCUT2D eigenvalue weighted by Crippen LogP contribution is -2.24. The Labute approximate surface area is 123 Å². The zero-order valence-corrected chi connectivity index (χ0v) is 12.0. The zero-order chi connectivity index (χ0) is 13.9. The van der Waals surface area contributed by atoms with E-state index in [9.17, 15) is 0 Å². The van der Waals surface area contributed by atoms with Crippen molar-refractivity contribution in [1.82, 2.24) is 9.97 Å². The summed E-state index contributed by atoms with van der Waals surface area (Å²) in [4.78, 5) is 10.9.